The first-order valence-electron chi connectivity index (χ1n) is 20.1. The molecule has 0 fully saturated rings. The number of nitrogens with zero attached hydrogens (tertiary/aromatic N) is 1. The van der Waals surface area contributed by atoms with E-state index in [0.29, 0.717) is 104 Å². The van der Waals surface area contributed by atoms with Crippen LogP contribution in [-0.2, 0) is 14.3 Å². The highest BCUT2D eigenvalue weighted by atomic mass is 16.5. The Kier molecular flexibility index (Phi) is 31.9. The van der Waals surface area contributed by atoms with Gasteiger partial charge in [0.05, 0.1) is 44.1 Å². The number of nitrogens with two attached hydrogens (primary N) is 2. The van der Waals surface area contributed by atoms with Crippen LogP contribution in [0, 0.1) is 10.8 Å². The van der Waals surface area contributed by atoms with Crippen LogP contribution in [-0.4, -0.2) is 226 Å². The zero-order valence-electron chi connectivity index (χ0n) is 34.2. The minimum absolute atomic E-state index is 0.181. The van der Waals surface area contributed by atoms with E-state index in [1.54, 1.807) is 7.11 Å². The van der Waals surface area contributed by atoms with E-state index >= 15 is 0 Å². The Morgan fingerprint density at radius 1 is 0.559 bits per heavy atom. The molecular weight excluding hydrogens is 782 g/mol. The number of amides is 2. The van der Waals surface area contributed by atoms with Crippen LogP contribution in [0.15, 0.2) is 0 Å². The van der Waals surface area contributed by atoms with Gasteiger partial charge in [0.2, 0.25) is 11.8 Å². The quantitative estimate of drug-likeness (QED) is 0.0157. The smallest absolute Gasteiger partial charge is 0.237 e. The fraction of sp³-hybridized carbons (Fsp3) is 0.886. The standard InChI is InChI=1S/C35H75N11O13/c1-59-17-16-46(14-6-12-40-32(57)22(8-2-4-10-42-34(36)37)44-18-24(49)28(53)30(55)26(51)20-47)15-7-13-41-33(58)23(9-3-5-11-43-35(38)39)45-19-25(50)29(54)31(56)27(52)21-48/h22-31,44-45,47-56H,2-21H2,1H3,(H,40,57)(H,41,58)(H4,36,37,42)(H4,38,39,43)/t22-,23-,24-,25-,26+,27+,28+,29+,30+,31+/m0/s1. The Labute approximate surface area is 346 Å². The van der Waals surface area contributed by atoms with Gasteiger partial charge in [0.1, 0.15) is 36.6 Å². The van der Waals surface area contributed by atoms with Crippen molar-refractivity contribution in [2.75, 3.05) is 85.8 Å². The molecule has 2 amide bonds. The third-order valence-electron chi connectivity index (χ3n) is 9.41. The summed E-state index contributed by atoms with van der Waals surface area (Å²) in [6.07, 6.45) is -9.67. The fourth-order valence-electron chi connectivity index (χ4n) is 5.77. The summed E-state index contributed by atoms with van der Waals surface area (Å²) in [5.74, 6) is -1.10. The van der Waals surface area contributed by atoms with Crippen molar-refractivity contribution in [2.45, 2.75) is 112 Å². The number of aliphatic hydroxyl groups is 10. The largest absolute Gasteiger partial charge is 0.394 e. The summed E-state index contributed by atoms with van der Waals surface area (Å²) in [7, 11) is 1.57. The predicted molar refractivity (Wildman–Crippen MR) is 217 cm³/mol. The Morgan fingerprint density at radius 2 is 0.915 bits per heavy atom. The van der Waals surface area contributed by atoms with Gasteiger partial charge in [-0.2, -0.15) is 0 Å². The molecule has 0 aromatic carbocycles. The van der Waals surface area contributed by atoms with Crippen molar-refractivity contribution in [3.05, 3.63) is 0 Å². The summed E-state index contributed by atoms with van der Waals surface area (Å²) >= 11 is 0. The van der Waals surface area contributed by atoms with E-state index in [9.17, 15) is 50.4 Å². The maximum atomic E-state index is 13.2. The van der Waals surface area contributed by atoms with Gasteiger partial charge in [-0.3, -0.25) is 20.4 Å². The number of methoxy groups -OCH3 is 1. The molecule has 24 heteroatoms. The van der Waals surface area contributed by atoms with Gasteiger partial charge in [-0.1, -0.05) is 0 Å². The zero-order chi connectivity index (χ0) is 44.8. The van der Waals surface area contributed by atoms with Gasteiger partial charge in [0.25, 0.3) is 0 Å². The molecule has 10 atom stereocenters. The number of unbranched alkanes of at least 4 members (excludes halogenated alkanes) is 2. The lowest BCUT2D eigenvalue weighted by atomic mass is 10.0. The average Bonchev–Trinajstić information content (AvgIpc) is 3.21. The van der Waals surface area contributed by atoms with Crippen molar-refractivity contribution in [1.29, 1.82) is 10.8 Å². The number of hydrogen-bond donors (Lipinski definition) is 20. The van der Waals surface area contributed by atoms with Gasteiger partial charge in [-0.25, -0.2) is 0 Å². The lowest BCUT2D eigenvalue weighted by molar-refractivity contribution is -0.125. The molecule has 0 aromatic heterocycles. The van der Waals surface area contributed by atoms with Crippen molar-refractivity contribution < 1.29 is 65.4 Å². The molecule has 0 unspecified atom stereocenters. The molecule has 24 nitrogen and oxygen atoms in total. The lowest BCUT2D eigenvalue weighted by Gasteiger charge is -2.27. The van der Waals surface area contributed by atoms with Crippen LogP contribution in [0.25, 0.3) is 0 Å². The van der Waals surface area contributed by atoms with Crippen LogP contribution in [0.2, 0.25) is 0 Å². The average molecular weight is 858 g/mol. The van der Waals surface area contributed by atoms with Gasteiger partial charge in [0, 0.05) is 52.9 Å². The second kappa shape index (κ2) is 33.6. The minimum atomic E-state index is -1.81. The molecule has 0 aromatic rings. The fourth-order valence-corrected chi connectivity index (χ4v) is 5.77. The van der Waals surface area contributed by atoms with Gasteiger partial charge in [0.15, 0.2) is 11.9 Å². The summed E-state index contributed by atoms with van der Waals surface area (Å²) in [6, 6.07) is -1.59. The number of carbonyl (C=O) groups excluding carboxylic acids is 2. The number of ether oxygens (including phenoxy) is 1. The van der Waals surface area contributed by atoms with Gasteiger partial charge < -0.3 is 104 Å². The molecule has 59 heavy (non-hydrogen) atoms. The normalized spacial score (nSPS) is 16.8. The number of carbonyl (C=O) groups is 2. The number of rotatable bonds is 37. The lowest BCUT2D eigenvalue weighted by Crippen LogP contribution is -2.52. The Bertz CT molecular complexity index is 1060. The van der Waals surface area contributed by atoms with Crippen LogP contribution in [0.4, 0.5) is 0 Å². The van der Waals surface area contributed by atoms with Crippen LogP contribution in [0.5, 0.6) is 0 Å². The van der Waals surface area contributed by atoms with E-state index in [-0.39, 0.29) is 36.8 Å². The number of hydrogen-bond acceptors (Lipinski definition) is 18. The molecule has 0 bridgehead atoms. The molecular formula is C35H75N11O13. The van der Waals surface area contributed by atoms with E-state index in [1.807, 2.05) is 0 Å². The van der Waals surface area contributed by atoms with Crippen LogP contribution in [0.1, 0.15) is 51.4 Å². The first-order chi connectivity index (χ1) is 28.0. The number of nitrogens with one attached hydrogen (secondary N) is 8. The molecule has 0 saturated heterocycles. The van der Waals surface area contributed by atoms with Gasteiger partial charge >= 0.3 is 0 Å². The van der Waals surface area contributed by atoms with Crippen LogP contribution in [0.3, 0.4) is 0 Å². The molecule has 0 rings (SSSR count). The van der Waals surface area contributed by atoms with E-state index in [2.05, 4.69) is 36.8 Å². The number of guanidine groups is 2. The molecule has 22 N–H and O–H groups in total. The van der Waals surface area contributed by atoms with Gasteiger partial charge in [-0.15, -0.1) is 0 Å². The summed E-state index contributed by atoms with van der Waals surface area (Å²) in [4.78, 5) is 28.5. The molecule has 0 aliphatic carbocycles. The second-order valence-corrected chi connectivity index (χ2v) is 14.3. The SMILES string of the molecule is COCCN(CCCNC(=O)[C@H](CCCCNC(=N)N)NC[C@H](O)[C@@H](O)[C@H](O)[C@H](O)CO)CCCNC(=O)[C@H](CCCCNC(=N)N)NC[C@H](O)[C@@H](O)[C@H](O)[C@H](O)CO. The Hall–Kier alpha value is -3.08. The molecule has 0 radical (unpaired) electrons. The Morgan fingerprint density at radius 3 is 1.25 bits per heavy atom. The van der Waals surface area contributed by atoms with Crippen molar-refractivity contribution in [1.82, 2.24) is 36.8 Å². The van der Waals surface area contributed by atoms with E-state index < -0.39 is 74.1 Å². The highest BCUT2D eigenvalue weighted by Crippen LogP contribution is 2.09. The van der Waals surface area contributed by atoms with E-state index in [0.717, 1.165) is 0 Å². The van der Waals surface area contributed by atoms with Crippen molar-refractivity contribution in [3.8, 4) is 0 Å². The first-order valence-corrected chi connectivity index (χ1v) is 20.1. The highest BCUT2D eigenvalue weighted by molar-refractivity contribution is 5.82. The molecule has 0 spiro atoms. The molecule has 0 aliphatic rings. The van der Waals surface area contributed by atoms with Crippen LogP contribution < -0.4 is 43.4 Å². The van der Waals surface area contributed by atoms with E-state index in [1.165, 1.54) is 0 Å². The highest BCUT2D eigenvalue weighted by Gasteiger charge is 2.32. The first kappa shape index (κ1) is 55.9. The Balaban J connectivity index is 5.21. The number of aliphatic hydroxyl groups excluding tert-OH is 10. The summed E-state index contributed by atoms with van der Waals surface area (Å²) in [6.45, 7) is 1.30. The third kappa shape index (κ3) is 26.0. The third-order valence-corrected chi connectivity index (χ3v) is 9.41. The summed E-state index contributed by atoms with van der Waals surface area (Å²) in [5, 5.41) is 130. The zero-order valence-corrected chi connectivity index (χ0v) is 34.2. The van der Waals surface area contributed by atoms with Crippen LogP contribution >= 0.6 is 0 Å². The van der Waals surface area contributed by atoms with Crippen molar-refractivity contribution in [2.24, 2.45) is 11.5 Å². The molecule has 348 valence electrons. The summed E-state index contributed by atoms with van der Waals surface area (Å²) in [5.41, 5.74) is 10.6. The second-order valence-electron chi connectivity index (χ2n) is 14.3. The van der Waals surface area contributed by atoms with E-state index in [4.69, 9.17) is 37.2 Å². The minimum Gasteiger partial charge on any atom is -0.394 e. The molecule has 0 aliphatic heterocycles. The monoisotopic (exact) mass is 858 g/mol. The maximum absolute atomic E-state index is 13.2. The maximum Gasteiger partial charge on any atom is 0.237 e. The molecule has 0 heterocycles. The van der Waals surface area contributed by atoms with Crippen molar-refractivity contribution in [3.63, 3.8) is 0 Å². The van der Waals surface area contributed by atoms with Gasteiger partial charge in [-0.05, 0) is 64.5 Å². The van der Waals surface area contributed by atoms with Crippen molar-refractivity contribution >= 4 is 23.7 Å². The topological polar surface area (TPSA) is 421 Å². The predicted octanol–water partition coefficient (Wildman–Crippen LogP) is -7.96. The summed E-state index contributed by atoms with van der Waals surface area (Å²) < 4.78 is 5.25. The molecule has 0 saturated carbocycles.